The van der Waals surface area contributed by atoms with Gasteiger partial charge in [0.05, 0.1) is 12.7 Å². The van der Waals surface area contributed by atoms with Crippen molar-refractivity contribution in [1.29, 1.82) is 0 Å². The van der Waals surface area contributed by atoms with Gasteiger partial charge in [-0.25, -0.2) is 4.98 Å². The molecule has 1 aromatic heterocycles. The number of rotatable bonds is 4. The van der Waals surface area contributed by atoms with Crippen LogP contribution in [0.15, 0.2) is 33.3 Å². The average Bonchev–Trinajstić information content (AvgIpc) is 3.08. The number of nitrogens with one attached hydrogen (secondary N) is 1. The summed E-state index contributed by atoms with van der Waals surface area (Å²) in [5.41, 5.74) is 2.27. The monoisotopic (exact) mass is 306 g/mol. The van der Waals surface area contributed by atoms with E-state index in [-0.39, 0.29) is 0 Å². The molecule has 3 nitrogen and oxygen atoms in total. The second-order valence-corrected chi connectivity index (χ2v) is 5.59. The summed E-state index contributed by atoms with van der Waals surface area (Å²) in [6, 6.07) is 6.87. The number of halogens is 1. The molecule has 0 aliphatic heterocycles. The van der Waals surface area contributed by atoms with Gasteiger partial charge in [0, 0.05) is 16.1 Å². The summed E-state index contributed by atoms with van der Waals surface area (Å²) in [6.45, 7) is 2.79. The van der Waals surface area contributed by atoms with Crippen LogP contribution in [-0.4, -0.2) is 11.0 Å². The van der Waals surface area contributed by atoms with Gasteiger partial charge >= 0.3 is 0 Å². The van der Waals surface area contributed by atoms with Crippen LogP contribution in [0.2, 0.25) is 0 Å². The lowest BCUT2D eigenvalue weighted by molar-refractivity contribution is 0.476. The molecule has 0 amide bonds. The van der Waals surface area contributed by atoms with Crippen LogP contribution in [0.1, 0.15) is 24.3 Å². The summed E-state index contributed by atoms with van der Waals surface area (Å²) < 4.78 is 6.84. The predicted molar refractivity (Wildman–Crippen MR) is 74.2 cm³/mol. The SMILES string of the molecule is Cc1ccc(-c2cnc(CNC3CC3)o2)cc1Br. The lowest BCUT2D eigenvalue weighted by atomic mass is 10.1. The summed E-state index contributed by atoms with van der Waals surface area (Å²) in [5.74, 6) is 1.58. The van der Waals surface area contributed by atoms with E-state index in [9.17, 15) is 0 Å². The maximum absolute atomic E-state index is 5.75. The van der Waals surface area contributed by atoms with Crippen molar-refractivity contribution in [3.63, 3.8) is 0 Å². The van der Waals surface area contributed by atoms with E-state index in [1.807, 2.05) is 0 Å². The molecule has 0 unspecified atom stereocenters. The van der Waals surface area contributed by atoms with Gasteiger partial charge in [0.2, 0.25) is 5.89 Å². The van der Waals surface area contributed by atoms with Crippen molar-refractivity contribution >= 4 is 15.9 Å². The first-order chi connectivity index (χ1) is 8.72. The maximum atomic E-state index is 5.75. The van der Waals surface area contributed by atoms with Crippen molar-refractivity contribution in [1.82, 2.24) is 10.3 Å². The van der Waals surface area contributed by atoms with Gasteiger partial charge in [0.25, 0.3) is 0 Å². The normalized spacial score (nSPS) is 15.0. The number of hydrogen-bond acceptors (Lipinski definition) is 3. The largest absolute Gasteiger partial charge is 0.439 e. The average molecular weight is 307 g/mol. The summed E-state index contributed by atoms with van der Waals surface area (Å²) in [4.78, 5) is 4.30. The molecule has 1 aliphatic rings. The fourth-order valence-corrected chi connectivity index (χ4v) is 2.17. The van der Waals surface area contributed by atoms with E-state index in [0.717, 1.165) is 28.2 Å². The Morgan fingerprint density at radius 1 is 1.44 bits per heavy atom. The molecule has 0 spiro atoms. The van der Waals surface area contributed by atoms with Crippen LogP contribution >= 0.6 is 15.9 Å². The minimum atomic E-state index is 0.675. The number of benzene rings is 1. The van der Waals surface area contributed by atoms with Gasteiger partial charge in [0.1, 0.15) is 0 Å². The fraction of sp³-hybridized carbons (Fsp3) is 0.357. The molecule has 0 saturated heterocycles. The molecule has 2 aromatic rings. The van der Waals surface area contributed by atoms with Crippen molar-refractivity contribution in [2.75, 3.05) is 0 Å². The fourth-order valence-electron chi connectivity index (χ4n) is 1.79. The molecular formula is C14H15BrN2O. The molecule has 4 heteroatoms. The van der Waals surface area contributed by atoms with Crippen LogP contribution in [0.3, 0.4) is 0 Å². The molecule has 0 atom stereocenters. The summed E-state index contributed by atoms with van der Waals surface area (Å²) >= 11 is 3.53. The number of nitrogens with zero attached hydrogens (tertiary/aromatic N) is 1. The van der Waals surface area contributed by atoms with E-state index in [1.54, 1.807) is 6.20 Å². The van der Waals surface area contributed by atoms with Crippen LogP contribution in [0.5, 0.6) is 0 Å². The van der Waals surface area contributed by atoms with E-state index in [4.69, 9.17) is 4.42 Å². The molecule has 3 rings (SSSR count). The highest BCUT2D eigenvalue weighted by atomic mass is 79.9. The third-order valence-corrected chi connectivity index (χ3v) is 3.98. The minimum absolute atomic E-state index is 0.675. The van der Waals surface area contributed by atoms with Gasteiger partial charge in [0.15, 0.2) is 5.76 Å². The summed E-state index contributed by atoms with van der Waals surface area (Å²) in [7, 11) is 0. The number of hydrogen-bond donors (Lipinski definition) is 1. The Morgan fingerprint density at radius 2 is 2.28 bits per heavy atom. The second-order valence-electron chi connectivity index (χ2n) is 4.74. The van der Waals surface area contributed by atoms with Gasteiger partial charge in [-0.1, -0.05) is 28.1 Å². The quantitative estimate of drug-likeness (QED) is 0.936. The van der Waals surface area contributed by atoms with Gasteiger partial charge in [-0.2, -0.15) is 0 Å². The summed E-state index contributed by atoms with van der Waals surface area (Å²) in [6.07, 6.45) is 4.35. The van der Waals surface area contributed by atoms with E-state index in [2.05, 4.69) is 51.4 Å². The zero-order chi connectivity index (χ0) is 12.5. The number of aryl methyl sites for hydroxylation is 1. The Hall–Kier alpha value is -1.13. The Kier molecular flexibility index (Phi) is 3.22. The van der Waals surface area contributed by atoms with Crippen LogP contribution < -0.4 is 5.32 Å². The van der Waals surface area contributed by atoms with Crippen LogP contribution in [0.4, 0.5) is 0 Å². The highest BCUT2D eigenvalue weighted by Crippen LogP contribution is 2.26. The first kappa shape index (κ1) is 11.9. The highest BCUT2D eigenvalue weighted by Gasteiger charge is 2.21. The number of oxazole rings is 1. The maximum Gasteiger partial charge on any atom is 0.208 e. The Labute approximate surface area is 115 Å². The van der Waals surface area contributed by atoms with Crippen LogP contribution in [0, 0.1) is 6.92 Å². The van der Waals surface area contributed by atoms with Gasteiger partial charge in [-0.3, -0.25) is 0 Å². The lowest BCUT2D eigenvalue weighted by Crippen LogP contribution is -2.15. The van der Waals surface area contributed by atoms with E-state index < -0.39 is 0 Å². The van der Waals surface area contributed by atoms with Gasteiger partial charge < -0.3 is 9.73 Å². The number of aromatic nitrogens is 1. The van der Waals surface area contributed by atoms with E-state index >= 15 is 0 Å². The van der Waals surface area contributed by atoms with Gasteiger partial charge in [-0.15, -0.1) is 0 Å². The first-order valence-corrected chi connectivity index (χ1v) is 6.96. The Bertz CT molecular complexity index is 561. The Morgan fingerprint density at radius 3 is 3.00 bits per heavy atom. The molecule has 0 radical (unpaired) electrons. The zero-order valence-electron chi connectivity index (χ0n) is 10.2. The first-order valence-electron chi connectivity index (χ1n) is 6.17. The zero-order valence-corrected chi connectivity index (χ0v) is 11.8. The van der Waals surface area contributed by atoms with Gasteiger partial charge in [-0.05, 0) is 31.4 Å². The standard InChI is InChI=1S/C14H15BrN2O/c1-9-2-3-10(6-12(9)15)13-7-17-14(18-13)8-16-11-4-5-11/h2-3,6-7,11,16H,4-5,8H2,1H3. The molecule has 1 N–H and O–H groups in total. The van der Waals surface area contributed by atoms with E-state index in [0.29, 0.717) is 6.04 Å². The van der Waals surface area contributed by atoms with Crippen molar-refractivity contribution in [3.05, 3.63) is 40.3 Å². The molecule has 1 heterocycles. The van der Waals surface area contributed by atoms with Crippen LogP contribution in [-0.2, 0) is 6.54 Å². The molecule has 1 fully saturated rings. The molecule has 1 aromatic carbocycles. The van der Waals surface area contributed by atoms with Crippen molar-refractivity contribution < 1.29 is 4.42 Å². The highest BCUT2D eigenvalue weighted by molar-refractivity contribution is 9.10. The van der Waals surface area contributed by atoms with E-state index in [1.165, 1.54) is 18.4 Å². The summed E-state index contributed by atoms with van der Waals surface area (Å²) in [5, 5.41) is 3.39. The molecule has 0 bridgehead atoms. The predicted octanol–water partition coefficient (Wildman–Crippen LogP) is 3.66. The smallest absolute Gasteiger partial charge is 0.208 e. The van der Waals surface area contributed by atoms with Crippen molar-refractivity contribution in [2.24, 2.45) is 0 Å². The third-order valence-electron chi connectivity index (χ3n) is 3.13. The molecule has 18 heavy (non-hydrogen) atoms. The molecule has 1 saturated carbocycles. The third kappa shape index (κ3) is 2.65. The molecule has 94 valence electrons. The van der Waals surface area contributed by atoms with Crippen LogP contribution in [0.25, 0.3) is 11.3 Å². The van der Waals surface area contributed by atoms with Crippen molar-refractivity contribution in [2.45, 2.75) is 32.4 Å². The molecule has 1 aliphatic carbocycles. The Balaban J connectivity index is 1.76. The van der Waals surface area contributed by atoms with Crippen molar-refractivity contribution in [3.8, 4) is 11.3 Å². The lowest BCUT2D eigenvalue weighted by Gasteiger charge is -2.01. The molecular weight excluding hydrogens is 292 g/mol. The topological polar surface area (TPSA) is 38.1 Å². The minimum Gasteiger partial charge on any atom is -0.439 e. The second kappa shape index (κ2) is 4.86.